The third kappa shape index (κ3) is 5.28. The van der Waals surface area contributed by atoms with Crippen molar-refractivity contribution >= 4 is 23.3 Å². The molecule has 0 aromatic heterocycles. The second-order valence-corrected chi connectivity index (χ2v) is 6.44. The summed E-state index contributed by atoms with van der Waals surface area (Å²) >= 11 is 0. The molecule has 0 spiro atoms. The number of hydrogen-bond donors (Lipinski definition) is 2. The molecule has 1 fully saturated rings. The quantitative estimate of drug-likeness (QED) is 0.852. The van der Waals surface area contributed by atoms with Crippen LogP contribution in [0.4, 0.5) is 20.6 Å². The first-order chi connectivity index (χ1) is 13.5. The Bertz CT molecular complexity index is 869. The van der Waals surface area contributed by atoms with Gasteiger partial charge in [0.05, 0.1) is 18.2 Å². The number of benzene rings is 2. The lowest BCUT2D eigenvalue weighted by molar-refractivity contribution is -0.117. The number of nitrogens with one attached hydrogen (secondary N) is 2. The molecule has 3 amide bonds. The zero-order valence-corrected chi connectivity index (χ0v) is 15.2. The third-order valence-electron chi connectivity index (χ3n) is 4.42. The summed E-state index contributed by atoms with van der Waals surface area (Å²) in [6.45, 7) is 2.38. The van der Waals surface area contributed by atoms with E-state index >= 15 is 0 Å². The van der Waals surface area contributed by atoms with Crippen LogP contribution in [0.15, 0.2) is 48.5 Å². The van der Waals surface area contributed by atoms with E-state index in [2.05, 4.69) is 10.6 Å². The molecule has 2 aromatic carbocycles. The molecule has 2 aromatic rings. The van der Waals surface area contributed by atoms with Gasteiger partial charge < -0.3 is 15.5 Å². The highest BCUT2D eigenvalue weighted by Gasteiger charge is 2.22. The van der Waals surface area contributed by atoms with Crippen molar-refractivity contribution in [1.29, 1.82) is 5.26 Å². The summed E-state index contributed by atoms with van der Waals surface area (Å²) in [6, 6.07) is 14.1. The van der Waals surface area contributed by atoms with E-state index in [-0.39, 0.29) is 24.3 Å². The second kappa shape index (κ2) is 8.97. The van der Waals surface area contributed by atoms with Crippen molar-refractivity contribution in [2.24, 2.45) is 0 Å². The summed E-state index contributed by atoms with van der Waals surface area (Å²) < 4.78 is 12.9. The molecule has 1 aliphatic heterocycles. The number of nitriles is 1. The van der Waals surface area contributed by atoms with Crippen molar-refractivity contribution < 1.29 is 14.0 Å². The van der Waals surface area contributed by atoms with Crippen molar-refractivity contribution in [2.45, 2.75) is 0 Å². The number of piperazine rings is 1. The zero-order chi connectivity index (χ0) is 19.9. The van der Waals surface area contributed by atoms with Gasteiger partial charge in [-0.3, -0.25) is 9.69 Å². The van der Waals surface area contributed by atoms with Crippen LogP contribution >= 0.6 is 0 Å². The van der Waals surface area contributed by atoms with Crippen molar-refractivity contribution in [3.05, 3.63) is 59.9 Å². The van der Waals surface area contributed by atoms with Crippen molar-refractivity contribution in [3.8, 4) is 6.07 Å². The van der Waals surface area contributed by atoms with Crippen LogP contribution in [-0.2, 0) is 4.79 Å². The largest absolute Gasteiger partial charge is 0.325 e. The average Bonchev–Trinajstić information content (AvgIpc) is 2.71. The van der Waals surface area contributed by atoms with Crippen LogP contribution in [0.1, 0.15) is 5.56 Å². The molecule has 3 rings (SSSR count). The number of urea groups is 1. The van der Waals surface area contributed by atoms with Crippen LogP contribution in [0.3, 0.4) is 0 Å². The molecule has 7 nitrogen and oxygen atoms in total. The molecule has 0 unspecified atom stereocenters. The molecule has 1 heterocycles. The van der Waals surface area contributed by atoms with Gasteiger partial charge in [-0.25, -0.2) is 9.18 Å². The Morgan fingerprint density at radius 2 is 1.50 bits per heavy atom. The van der Waals surface area contributed by atoms with Crippen molar-refractivity contribution in [2.75, 3.05) is 43.4 Å². The van der Waals surface area contributed by atoms with Gasteiger partial charge in [0, 0.05) is 37.6 Å². The minimum atomic E-state index is -0.353. The average molecular weight is 381 g/mol. The molecule has 0 aliphatic carbocycles. The van der Waals surface area contributed by atoms with Crippen LogP contribution in [0.2, 0.25) is 0 Å². The number of anilines is 2. The summed E-state index contributed by atoms with van der Waals surface area (Å²) in [6.07, 6.45) is 0. The number of hydrogen-bond acceptors (Lipinski definition) is 4. The van der Waals surface area contributed by atoms with Crippen molar-refractivity contribution in [1.82, 2.24) is 9.80 Å². The monoisotopic (exact) mass is 381 g/mol. The first-order valence-corrected chi connectivity index (χ1v) is 8.87. The lowest BCUT2D eigenvalue weighted by Gasteiger charge is -2.34. The molecular formula is C20H20FN5O2. The predicted octanol–water partition coefficient (Wildman–Crippen LogP) is 2.49. The standard InChI is InChI=1S/C20H20FN5O2/c21-16-3-7-17(8-4-16)23-19(27)14-25-9-11-26(12-10-25)20(28)24-18-5-1-15(13-22)2-6-18/h1-8H,9-12,14H2,(H,23,27)(H,24,28). The summed E-state index contributed by atoms with van der Waals surface area (Å²) in [5.74, 6) is -0.532. The van der Waals surface area contributed by atoms with Crippen molar-refractivity contribution in [3.63, 3.8) is 0 Å². The lowest BCUT2D eigenvalue weighted by atomic mass is 10.2. The number of rotatable bonds is 4. The van der Waals surface area contributed by atoms with Crippen LogP contribution in [-0.4, -0.2) is 54.5 Å². The van der Waals surface area contributed by atoms with E-state index in [1.165, 1.54) is 24.3 Å². The van der Waals surface area contributed by atoms with E-state index in [0.29, 0.717) is 43.1 Å². The van der Waals surface area contributed by atoms with Crippen LogP contribution in [0.25, 0.3) is 0 Å². The van der Waals surface area contributed by atoms with Crippen LogP contribution in [0, 0.1) is 17.1 Å². The first-order valence-electron chi connectivity index (χ1n) is 8.87. The first kappa shape index (κ1) is 19.3. The van der Waals surface area contributed by atoms with Gasteiger partial charge in [-0.05, 0) is 48.5 Å². The number of carbonyl (C=O) groups excluding carboxylic acids is 2. The molecule has 8 heteroatoms. The highest BCUT2D eigenvalue weighted by Crippen LogP contribution is 2.12. The Labute approximate surface area is 162 Å². The molecule has 2 N–H and O–H groups in total. The maximum absolute atomic E-state index is 12.9. The Morgan fingerprint density at radius 1 is 0.929 bits per heavy atom. The van der Waals surface area contributed by atoms with Gasteiger partial charge in [-0.1, -0.05) is 0 Å². The number of carbonyl (C=O) groups is 2. The third-order valence-corrected chi connectivity index (χ3v) is 4.42. The van der Waals surface area contributed by atoms with Gasteiger partial charge in [-0.15, -0.1) is 0 Å². The molecule has 0 radical (unpaired) electrons. The lowest BCUT2D eigenvalue weighted by Crippen LogP contribution is -2.51. The molecule has 0 bridgehead atoms. The molecule has 0 atom stereocenters. The Hall–Kier alpha value is -3.44. The van der Waals surface area contributed by atoms with Gasteiger partial charge in [0.1, 0.15) is 5.82 Å². The maximum atomic E-state index is 12.9. The number of halogens is 1. The highest BCUT2D eigenvalue weighted by molar-refractivity contribution is 5.92. The van der Waals surface area contributed by atoms with Gasteiger partial charge in [0.25, 0.3) is 0 Å². The SMILES string of the molecule is N#Cc1ccc(NC(=O)N2CCN(CC(=O)Nc3ccc(F)cc3)CC2)cc1. The summed E-state index contributed by atoms with van der Waals surface area (Å²) in [5.41, 5.74) is 1.71. The summed E-state index contributed by atoms with van der Waals surface area (Å²) in [7, 11) is 0. The zero-order valence-electron chi connectivity index (χ0n) is 15.2. The smallest absolute Gasteiger partial charge is 0.321 e. The summed E-state index contributed by atoms with van der Waals surface area (Å²) in [4.78, 5) is 28.1. The topological polar surface area (TPSA) is 88.5 Å². The van der Waals surface area contributed by atoms with E-state index in [1.807, 2.05) is 11.0 Å². The van der Waals surface area contributed by atoms with E-state index in [4.69, 9.17) is 5.26 Å². The summed E-state index contributed by atoms with van der Waals surface area (Å²) in [5, 5.41) is 14.3. The van der Waals surface area contributed by atoms with Crippen LogP contribution in [0.5, 0.6) is 0 Å². The normalized spacial score (nSPS) is 14.2. The van der Waals surface area contributed by atoms with E-state index < -0.39 is 0 Å². The fourth-order valence-electron chi connectivity index (χ4n) is 2.88. The second-order valence-electron chi connectivity index (χ2n) is 6.44. The molecule has 144 valence electrons. The van der Waals surface area contributed by atoms with Gasteiger partial charge in [-0.2, -0.15) is 5.26 Å². The van der Waals surface area contributed by atoms with Crippen LogP contribution < -0.4 is 10.6 Å². The highest BCUT2D eigenvalue weighted by atomic mass is 19.1. The fraction of sp³-hybridized carbons (Fsp3) is 0.250. The minimum Gasteiger partial charge on any atom is -0.325 e. The van der Waals surface area contributed by atoms with Gasteiger partial charge in [0.15, 0.2) is 0 Å². The Morgan fingerprint density at radius 3 is 2.11 bits per heavy atom. The number of nitrogens with zero attached hydrogens (tertiary/aromatic N) is 3. The molecular weight excluding hydrogens is 361 g/mol. The molecule has 28 heavy (non-hydrogen) atoms. The van der Waals surface area contributed by atoms with Gasteiger partial charge in [0.2, 0.25) is 5.91 Å². The molecule has 1 aliphatic rings. The van der Waals surface area contributed by atoms with Gasteiger partial charge >= 0.3 is 6.03 Å². The van der Waals surface area contributed by atoms with E-state index in [1.54, 1.807) is 29.2 Å². The Balaban J connectivity index is 1.43. The van der Waals surface area contributed by atoms with E-state index in [9.17, 15) is 14.0 Å². The maximum Gasteiger partial charge on any atom is 0.321 e. The molecule has 1 saturated heterocycles. The minimum absolute atomic E-state index is 0.179. The fourth-order valence-corrected chi connectivity index (χ4v) is 2.88. The predicted molar refractivity (Wildman–Crippen MR) is 103 cm³/mol. The van der Waals surface area contributed by atoms with E-state index in [0.717, 1.165) is 0 Å². The molecule has 0 saturated carbocycles. The Kier molecular flexibility index (Phi) is 6.19. The number of amides is 3.